The van der Waals surface area contributed by atoms with Gasteiger partial charge in [0.25, 0.3) is 0 Å². The van der Waals surface area contributed by atoms with Gasteiger partial charge in [0.15, 0.2) is 11.6 Å². The van der Waals surface area contributed by atoms with Gasteiger partial charge in [0.05, 0.1) is 10.7 Å². The van der Waals surface area contributed by atoms with Crippen LogP contribution < -0.4 is 5.32 Å². The normalized spacial score (nSPS) is 10.7. The standard InChI is InChI=1S/C13H7BrClF4N/c14-8-2-7(16)3-9(15)13(8)20-5-6-1-11(18)12(19)4-10(6)17/h1-4,20H,5H2. The first-order chi connectivity index (χ1) is 9.38. The summed E-state index contributed by atoms with van der Waals surface area (Å²) < 4.78 is 52.7. The van der Waals surface area contributed by atoms with Gasteiger partial charge in [0.2, 0.25) is 0 Å². The molecule has 0 aliphatic heterocycles. The third-order valence-corrected chi connectivity index (χ3v) is 3.48. The third kappa shape index (κ3) is 3.24. The smallest absolute Gasteiger partial charge is 0.161 e. The highest BCUT2D eigenvalue weighted by Crippen LogP contribution is 2.32. The molecule has 0 heterocycles. The monoisotopic (exact) mass is 367 g/mol. The number of hydrogen-bond donors (Lipinski definition) is 1. The van der Waals surface area contributed by atoms with Gasteiger partial charge in [-0.3, -0.25) is 0 Å². The summed E-state index contributed by atoms with van der Waals surface area (Å²) in [4.78, 5) is 0. The Morgan fingerprint density at radius 1 is 0.950 bits per heavy atom. The van der Waals surface area contributed by atoms with Crippen molar-refractivity contribution in [2.75, 3.05) is 5.32 Å². The molecule has 0 aliphatic rings. The van der Waals surface area contributed by atoms with Crippen LogP contribution in [-0.4, -0.2) is 0 Å². The summed E-state index contributed by atoms with van der Waals surface area (Å²) in [5.74, 6) is -3.82. The maximum absolute atomic E-state index is 13.4. The molecule has 1 nitrogen and oxygen atoms in total. The first kappa shape index (κ1) is 15.1. The van der Waals surface area contributed by atoms with Crippen LogP contribution >= 0.6 is 27.5 Å². The fraction of sp³-hybridized carbons (Fsp3) is 0.0769. The molecule has 106 valence electrons. The fourth-order valence-corrected chi connectivity index (χ4v) is 2.55. The lowest BCUT2D eigenvalue weighted by Gasteiger charge is -2.11. The van der Waals surface area contributed by atoms with E-state index in [4.69, 9.17) is 11.6 Å². The number of anilines is 1. The highest BCUT2D eigenvalue weighted by molar-refractivity contribution is 9.10. The Bertz CT molecular complexity index is 640. The summed E-state index contributed by atoms with van der Waals surface area (Å²) in [7, 11) is 0. The number of nitrogens with one attached hydrogen (secondary N) is 1. The minimum atomic E-state index is -1.26. The van der Waals surface area contributed by atoms with E-state index < -0.39 is 23.3 Å². The van der Waals surface area contributed by atoms with Crippen LogP contribution in [0.15, 0.2) is 28.7 Å². The maximum Gasteiger partial charge on any atom is 0.161 e. The van der Waals surface area contributed by atoms with Gasteiger partial charge in [0.1, 0.15) is 11.6 Å². The van der Waals surface area contributed by atoms with Crippen LogP contribution in [0.2, 0.25) is 5.02 Å². The Labute approximate surface area is 125 Å². The summed E-state index contributed by atoms with van der Waals surface area (Å²) >= 11 is 8.94. The molecule has 20 heavy (non-hydrogen) atoms. The molecule has 1 N–H and O–H groups in total. The van der Waals surface area contributed by atoms with Crippen molar-refractivity contribution >= 4 is 33.2 Å². The second-order valence-corrected chi connectivity index (χ2v) is 5.22. The SMILES string of the molecule is Fc1cc(Cl)c(NCc2cc(F)c(F)cc2F)c(Br)c1. The van der Waals surface area contributed by atoms with Crippen LogP contribution in [0.25, 0.3) is 0 Å². The predicted molar refractivity (Wildman–Crippen MR) is 72.8 cm³/mol. The Hall–Kier alpha value is -1.27. The minimum Gasteiger partial charge on any atom is -0.379 e. The zero-order valence-electron chi connectivity index (χ0n) is 9.78. The summed E-state index contributed by atoms with van der Waals surface area (Å²) in [5, 5.41) is 2.82. The number of hydrogen-bond acceptors (Lipinski definition) is 1. The molecule has 0 fully saturated rings. The van der Waals surface area contributed by atoms with Crippen molar-refractivity contribution in [3.05, 3.63) is 62.6 Å². The van der Waals surface area contributed by atoms with E-state index in [2.05, 4.69) is 21.2 Å². The van der Waals surface area contributed by atoms with Crippen molar-refractivity contribution in [1.29, 1.82) is 0 Å². The molecule has 2 rings (SSSR count). The van der Waals surface area contributed by atoms with Crippen molar-refractivity contribution < 1.29 is 17.6 Å². The first-order valence-electron chi connectivity index (χ1n) is 5.40. The van der Waals surface area contributed by atoms with Gasteiger partial charge < -0.3 is 5.32 Å². The maximum atomic E-state index is 13.4. The molecule has 0 radical (unpaired) electrons. The quantitative estimate of drug-likeness (QED) is 0.575. The molecule has 0 atom stereocenters. The van der Waals surface area contributed by atoms with E-state index in [0.29, 0.717) is 16.2 Å². The molecule has 0 aliphatic carbocycles. The molecule has 0 saturated carbocycles. The van der Waals surface area contributed by atoms with Crippen molar-refractivity contribution in [3.63, 3.8) is 0 Å². The van der Waals surface area contributed by atoms with Crippen molar-refractivity contribution in [2.45, 2.75) is 6.54 Å². The summed E-state index contributed by atoms with van der Waals surface area (Å²) in [6, 6.07) is 3.47. The molecule has 2 aromatic rings. The zero-order valence-corrected chi connectivity index (χ0v) is 12.1. The number of benzene rings is 2. The van der Waals surface area contributed by atoms with Crippen molar-refractivity contribution in [3.8, 4) is 0 Å². The fourth-order valence-electron chi connectivity index (χ4n) is 1.59. The predicted octanol–water partition coefficient (Wildman–Crippen LogP) is 5.27. The molecule has 0 bridgehead atoms. The van der Waals surface area contributed by atoms with Crippen LogP contribution in [0.3, 0.4) is 0 Å². The van der Waals surface area contributed by atoms with Gasteiger partial charge in [-0.05, 0) is 34.1 Å². The Balaban J connectivity index is 2.23. The van der Waals surface area contributed by atoms with E-state index in [0.717, 1.165) is 12.1 Å². The molecular formula is C13H7BrClF4N. The largest absolute Gasteiger partial charge is 0.379 e. The molecule has 0 unspecified atom stereocenters. The van der Waals surface area contributed by atoms with Crippen LogP contribution in [-0.2, 0) is 6.54 Å². The highest BCUT2D eigenvalue weighted by atomic mass is 79.9. The summed E-state index contributed by atoms with van der Waals surface area (Å²) in [5.41, 5.74) is 0.258. The summed E-state index contributed by atoms with van der Waals surface area (Å²) in [6.45, 7) is -0.132. The lowest BCUT2D eigenvalue weighted by atomic mass is 10.2. The lowest BCUT2D eigenvalue weighted by Crippen LogP contribution is -2.05. The molecular weight excluding hydrogens is 361 g/mol. The van der Waals surface area contributed by atoms with Crippen molar-refractivity contribution in [1.82, 2.24) is 0 Å². The van der Waals surface area contributed by atoms with Crippen LogP contribution in [0.4, 0.5) is 23.2 Å². The van der Waals surface area contributed by atoms with E-state index in [1.165, 1.54) is 6.07 Å². The van der Waals surface area contributed by atoms with Crippen LogP contribution in [0, 0.1) is 23.3 Å². The Kier molecular flexibility index (Phi) is 4.55. The van der Waals surface area contributed by atoms with Crippen molar-refractivity contribution in [2.24, 2.45) is 0 Å². The number of halogens is 6. The average molecular weight is 369 g/mol. The second-order valence-electron chi connectivity index (χ2n) is 3.96. The van der Waals surface area contributed by atoms with Gasteiger partial charge in [-0.1, -0.05) is 11.6 Å². The van der Waals surface area contributed by atoms with E-state index >= 15 is 0 Å². The average Bonchev–Trinajstić information content (AvgIpc) is 2.33. The summed E-state index contributed by atoms with van der Waals surface area (Å²) in [6.07, 6.45) is 0. The van der Waals surface area contributed by atoms with Crippen LogP contribution in [0.5, 0.6) is 0 Å². The molecule has 0 aromatic heterocycles. The van der Waals surface area contributed by atoms with Gasteiger partial charge in [0, 0.05) is 22.6 Å². The van der Waals surface area contributed by atoms with Gasteiger partial charge >= 0.3 is 0 Å². The molecule has 2 aromatic carbocycles. The third-order valence-electron chi connectivity index (χ3n) is 2.55. The Morgan fingerprint density at radius 3 is 2.25 bits per heavy atom. The minimum absolute atomic E-state index is 0.0730. The Morgan fingerprint density at radius 2 is 1.60 bits per heavy atom. The highest BCUT2D eigenvalue weighted by Gasteiger charge is 2.12. The molecule has 0 saturated heterocycles. The second kappa shape index (κ2) is 6.01. The first-order valence-corrected chi connectivity index (χ1v) is 6.57. The van der Waals surface area contributed by atoms with E-state index in [1.54, 1.807) is 0 Å². The molecule has 0 spiro atoms. The van der Waals surface area contributed by atoms with E-state index in [1.807, 2.05) is 0 Å². The van der Waals surface area contributed by atoms with E-state index in [-0.39, 0.29) is 17.1 Å². The van der Waals surface area contributed by atoms with E-state index in [9.17, 15) is 17.6 Å². The van der Waals surface area contributed by atoms with Gasteiger partial charge in [-0.15, -0.1) is 0 Å². The van der Waals surface area contributed by atoms with Gasteiger partial charge in [-0.2, -0.15) is 0 Å². The lowest BCUT2D eigenvalue weighted by molar-refractivity contribution is 0.490. The van der Waals surface area contributed by atoms with Gasteiger partial charge in [-0.25, -0.2) is 17.6 Å². The molecule has 0 amide bonds. The number of rotatable bonds is 3. The molecule has 7 heteroatoms. The topological polar surface area (TPSA) is 12.0 Å². The zero-order chi connectivity index (χ0) is 14.9. The van der Waals surface area contributed by atoms with Crippen LogP contribution in [0.1, 0.15) is 5.56 Å².